The van der Waals surface area contributed by atoms with Gasteiger partial charge in [0.15, 0.2) is 0 Å². The maximum absolute atomic E-state index is 13.1. The number of halogens is 4. The van der Waals surface area contributed by atoms with Crippen LogP contribution in [0.2, 0.25) is 0 Å². The maximum atomic E-state index is 13.1. The monoisotopic (exact) mass is 526 g/mol. The van der Waals surface area contributed by atoms with Gasteiger partial charge in [0, 0.05) is 37.1 Å². The maximum Gasteiger partial charge on any atom is 0.416 e. The molecule has 0 unspecified atom stereocenters. The first-order valence-electron chi connectivity index (χ1n) is 9.75. The summed E-state index contributed by atoms with van der Waals surface area (Å²) in [6.45, 7) is 2.87. The van der Waals surface area contributed by atoms with Gasteiger partial charge in [-0.15, -0.1) is 0 Å². The van der Waals surface area contributed by atoms with Crippen molar-refractivity contribution in [1.82, 2.24) is 5.32 Å². The average Bonchev–Trinajstić information content (AvgIpc) is 3.01. The molecule has 2 aromatic carbocycles. The molecule has 0 atom stereocenters. The lowest BCUT2D eigenvalue weighted by molar-refractivity contribution is -0.137. The number of anilines is 3. The second-order valence-electron chi connectivity index (χ2n) is 7.41. The van der Waals surface area contributed by atoms with Crippen LogP contribution in [-0.4, -0.2) is 49.3 Å². The van der Waals surface area contributed by atoms with Crippen molar-refractivity contribution >= 4 is 48.9 Å². The summed E-state index contributed by atoms with van der Waals surface area (Å²) in [6.07, 6.45) is -3.02. The average molecular weight is 527 g/mol. The van der Waals surface area contributed by atoms with E-state index in [0.717, 1.165) is 37.4 Å². The van der Waals surface area contributed by atoms with E-state index in [1.807, 2.05) is 4.90 Å². The highest BCUT2D eigenvalue weighted by Crippen LogP contribution is 2.37. The van der Waals surface area contributed by atoms with Gasteiger partial charge in [-0.25, -0.2) is 8.42 Å². The lowest BCUT2D eigenvalue weighted by Crippen LogP contribution is -2.28. The quantitative estimate of drug-likeness (QED) is 0.561. The molecule has 1 fully saturated rings. The van der Waals surface area contributed by atoms with E-state index in [-0.39, 0.29) is 15.2 Å². The molecule has 182 valence electrons. The number of alkyl halides is 3. The summed E-state index contributed by atoms with van der Waals surface area (Å²) in [5.41, 5.74) is -0.905. The first-order chi connectivity index (χ1) is 15.3. The van der Waals surface area contributed by atoms with Crippen LogP contribution in [0.3, 0.4) is 0 Å². The number of nitrogens with zero attached hydrogens (tertiary/aromatic N) is 2. The first-order valence-corrected chi connectivity index (χ1v) is 13.4. The molecule has 0 radical (unpaired) electrons. The van der Waals surface area contributed by atoms with Gasteiger partial charge in [0.05, 0.1) is 28.1 Å². The number of nitrogens with one attached hydrogen (secondary N) is 2. The van der Waals surface area contributed by atoms with Crippen LogP contribution in [0.4, 0.5) is 30.2 Å². The van der Waals surface area contributed by atoms with Crippen molar-refractivity contribution in [3.63, 3.8) is 0 Å². The van der Waals surface area contributed by atoms with Gasteiger partial charge in [-0.2, -0.15) is 25.4 Å². The van der Waals surface area contributed by atoms with E-state index in [4.69, 9.17) is 11.8 Å². The SMILES string of the molecule is CS(=O)(=O)Nc1cc(N2CCCNCC2)ccc1N(Cl)S(=O)(=O)c1cccc(C(F)(F)F)c1. The Kier molecular flexibility index (Phi) is 7.36. The van der Waals surface area contributed by atoms with Crippen molar-refractivity contribution in [2.45, 2.75) is 17.5 Å². The minimum Gasteiger partial charge on any atom is -0.370 e. The standard InChI is InChI=1S/C19H22ClF3N4O4S2/c1-32(28,29)25-17-13-15(26-10-3-8-24-9-11-26)6-7-18(17)27(20)33(30,31)16-5-2-4-14(12-16)19(21,22)23/h2,4-7,12-13,24-25H,3,8-11H2,1H3. The summed E-state index contributed by atoms with van der Waals surface area (Å²) in [4.78, 5) is 1.30. The van der Waals surface area contributed by atoms with Gasteiger partial charge in [-0.05, 0) is 49.4 Å². The Labute approximate surface area is 195 Å². The zero-order valence-electron chi connectivity index (χ0n) is 17.4. The topological polar surface area (TPSA) is 98.8 Å². The largest absolute Gasteiger partial charge is 0.416 e. The molecule has 0 aromatic heterocycles. The Bertz CT molecular complexity index is 1220. The number of hydrogen-bond acceptors (Lipinski definition) is 6. The molecule has 0 bridgehead atoms. The molecular weight excluding hydrogens is 505 g/mol. The Balaban J connectivity index is 2.04. The molecule has 1 aliphatic rings. The fraction of sp³-hybridized carbons (Fsp3) is 0.368. The molecule has 1 aliphatic heterocycles. The second kappa shape index (κ2) is 9.57. The van der Waals surface area contributed by atoms with Crippen molar-refractivity contribution in [3.05, 3.63) is 48.0 Å². The van der Waals surface area contributed by atoms with E-state index in [1.165, 1.54) is 12.1 Å². The van der Waals surface area contributed by atoms with Crippen LogP contribution in [0.1, 0.15) is 12.0 Å². The minimum atomic E-state index is -4.75. The third-order valence-corrected chi connectivity index (χ3v) is 7.63. The van der Waals surface area contributed by atoms with Gasteiger partial charge < -0.3 is 10.2 Å². The molecular formula is C19H22ClF3N4O4S2. The molecule has 3 rings (SSSR count). The smallest absolute Gasteiger partial charge is 0.370 e. The highest BCUT2D eigenvalue weighted by atomic mass is 35.5. The molecule has 33 heavy (non-hydrogen) atoms. The van der Waals surface area contributed by atoms with Crippen molar-refractivity contribution in [1.29, 1.82) is 0 Å². The Morgan fingerprint density at radius 2 is 1.79 bits per heavy atom. The van der Waals surface area contributed by atoms with E-state index in [2.05, 4.69) is 10.0 Å². The number of sulfonamides is 2. The first kappa shape index (κ1) is 25.4. The highest BCUT2D eigenvalue weighted by molar-refractivity contribution is 7.94. The van der Waals surface area contributed by atoms with E-state index in [0.29, 0.717) is 31.4 Å². The van der Waals surface area contributed by atoms with Crippen molar-refractivity contribution in [2.24, 2.45) is 0 Å². The fourth-order valence-electron chi connectivity index (χ4n) is 3.31. The predicted octanol–water partition coefficient (Wildman–Crippen LogP) is 3.23. The Morgan fingerprint density at radius 1 is 1.06 bits per heavy atom. The van der Waals surface area contributed by atoms with E-state index in [9.17, 15) is 30.0 Å². The van der Waals surface area contributed by atoms with Crippen LogP contribution in [0.15, 0.2) is 47.4 Å². The highest BCUT2D eigenvalue weighted by Gasteiger charge is 2.33. The number of rotatable bonds is 6. The van der Waals surface area contributed by atoms with E-state index >= 15 is 0 Å². The summed E-state index contributed by atoms with van der Waals surface area (Å²) in [5.74, 6) is 0. The number of benzene rings is 2. The van der Waals surface area contributed by atoms with Crippen LogP contribution >= 0.6 is 11.8 Å². The summed E-state index contributed by atoms with van der Waals surface area (Å²) in [5, 5.41) is 3.24. The third kappa shape index (κ3) is 6.22. The van der Waals surface area contributed by atoms with Gasteiger partial charge >= 0.3 is 6.18 Å². The fourth-order valence-corrected chi connectivity index (χ4v) is 5.39. The molecule has 2 aromatic rings. The molecule has 0 spiro atoms. The van der Waals surface area contributed by atoms with Gasteiger partial charge in [-0.3, -0.25) is 4.72 Å². The van der Waals surface area contributed by atoms with Crippen molar-refractivity contribution in [3.8, 4) is 0 Å². The summed E-state index contributed by atoms with van der Waals surface area (Å²) >= 11 is 6.10. The van der Waals surface area contributed by atoms with Crippen LogP contribution in [0.25, 0.3) is 0 Å². The van der Waals surface area contributed by atoms with Crippen molar-refractivity contribution in [2.75, 3.05) is 45.9 Å². The Hall–Kier alpha value is -2.22. The summed E-state index contributed by atoms with van der Waals surface area (Å²) in [7, 11) is -8.49. The zero-order valence-corrected chi connectivity index (χ0v) is 19.8. The van der Waals surface area contributed by atoms with Gasteiger partial charge in [0.25, 0.3) is 10.0 Å². The van der Waals surface area contributed by atoms with Gasteiger partial charge in [0.1, 0.15) is 0 Å². The molecule has 2 N–H and O–H groups in total. The number of hydrogen-bond donors (Lipinski definition) is 2. The summed E-state index contributed by atoms with van der Waals surface area (Å²) < 4.78 is 91.5. The lowest BCUT2D eigenvalue weighted by Gasteiger charge is -2.25. The lowest BCUT2D eigenvalue weighted by atomic mass is 10.2. The molecule has 8 nitrogen and oxygen atoms in total. The third-order valence-electron chi connectivity index (χ3n) is 4.84. The van der Waals surface area contributed by atoms with E-state index in [1.54, 1.807) is 6.07 Å². The van der Waals surface area contributed by atoms with Crippen LogP contribution < -0.4 is 18.8 Å². The molecule has 1 heterocycles. The van der Waals surface area contributed by atoms with Crippen LogP contribution in [0, 0.1) is 0 Å². The molecule has 0 aliphatic carbocycles. The van der Waals surface area contributed by atoms with E-state index < -0.39 is 36.7 Å². The van der Waals surface area contributed by atoms with Gasteiger partial charge in [-0.1, -0.05) is 6.07 Å². The summed E-state index contributed by atoms with van der Waals surface area (Å²) in [6, 6.07) is 7.45. The molecule has 14 heteroatoms. The van der Waals surface area contributed by atoms with Gasteiger partial charge in [0.2, 0.25) is 10.0 Å². The second-order valence-corrected chi connectivity index (χ2v) is 11.5. The normalized spacial score (nSPS) is 15.7. The molecule has 0 amide bonds. The van der Waals surface area contributed by atoms with Crippen molar-refractivity contribution < 1.29 is 30.0 Å². The van der Waals surface area contributed by atoms with Crippen LogP contribution in [-0.2, 0) is 26.2 Å². The molecule has 1 saturated heterocycles. The molecule has 0 saturated carbocycles. The van der Waals surface area contributed by atoms with Crippen LogP contribution in [0.5, 0.6) is 0 Å². The minimum absolute atomic E-state index is 0.127. The predicted molar refractivity (Wildman–Crippen MR) is 122 cm³/mol. The zero-order chi connectivity index (χ0) is 24.4. The Morgan fingerprint density at radius 3 is 2.45 bits per heavy atom.